The zero-order chi connectivity index (χ0) is 21.5. The molecule has 1 aliphatic heterocycles. The van der Waals surface area contributed by atoms with Gasteiger partial charge in [-0.05, 0) is 69.1 Å². The number of nitrogens with two attached hydrogens (primary N) is 1. The van der Waals surface area contributed by atoms with Crippen molar-refractivity contribution < 1.29 is 14.4 Å². The molecule has 0 aliphatic carbocycles. The lowest BCUT2D eigenvalue weighted by Crippen LogP contribution is -2.39. The van der Waals surface area contributed by atoms with Crippen LogP contribution in [0.2, 0.25) is 0 Å². The predicted molar refractivity (Wildman–Crippen MR) is 120 cm³/mol. The van der Waals surface area contributed by atoms with E-state index in [2.05, 4.69) is 10.2 Å². The van der Waals surface area contributed by atoms with Crippen molar-refractivity contribution in [2.24, 2.45) is 11.7 Å². The number of carbonyl (C=O) groups excluding carboxylic acids is 3. The number of hydrogen-bond acceptors (Lipinski definition) is 5. The van der Waals surface area contributed by atoms with Gasteiger partial charge in [0.15, 0.2) is 5.78 Å². The van der Waals surface area contributed by atoms with Gasteiger partial charge in [-0.3, -0.25) is 14.4 Å². The van der Waals surface area contributed by atoms with E-state index in [9.17, 15) is 14.4 Å². The number of hydrogen-bond donors (Lipinski definition) is 2. The van der Waals surface area contributed by atoms with E-state index >= 15 is 0 Å². The number of anilines is 1. The summed E-state index contributed by atoms with van der Waals surface area (Å²) in [6, 6.07) is 11.6. The molecule has 3 N–H and O–H groups in total. The summed E-state index contributed by atoms with van der Waals surface area (Å²) in [5, 5.41) is 2.86. The highest BCUT2D eigenvalue weighted by molar-refractivity contribution is 7.14. The molecule has 1 aromatic carbocycles. The number of rotatable bonds is 9. The number of nitrogens with one attached hydrogen (secondary N) is 1. The minimum atomic E-state index is -0.182. The van der Waals surface area contributed by atoms with Gasteiger partial charge in [0, 0.05) is 35.9 Å². The summed E-state index contributed by atoms with van der Waals surface area (Å²) in [5.74, 6) is -0.299. The van der Waals surface area contributed by atoms with Gasteiger partial charge in [-0.25, -0.2) is 0 Å². The molecule has 0 spiro atoms. The molecule has 6 nitrogen and oxygen atoms in total. The van der Waals surface area contributed by atoms with E-state index < -0.39 is 0 Å². The molecule has 1 fully saturated rings. The lowest BCUT2D eigenvalue weighted by Gasteiger charge is -2.30. The van der Waals surface area contributed by atoms with Crippen LogP contribution in [0.4, 0.5) is 5.69 Å². The first-order chi connectivity index (χ1) is 14.4. The lowest BCUT2D eigenvalue weighted by molar-refractivity contribution is -0.123. The van der Waals surface area contributed by atoms with Crippen LogP contribution in [0.5, 0.6) is 0 Å². The Morgan fingerprint density at radius 1 is 1.07 bits per heavy atom. The SMILES string of the molecule is Cc1ccc(C(=O)CCC(=O)Nc2ccc(CCN3CCC(C(N)=O)CC3)cc2)s1. The number of aryl methyl sites for hydroxylation is 1. The third kappa shape index (κ3) is 6.50. The van der Waals surface area contributed by atoms with Gasteiger partial charge in [0.25, 0.3) is 0 Å². The molecule has 0 radical (unpaired) electrons. The molecule has 0 bridgehead atoms. The third-order valence-corrected chi connectivity index (χ3v) is 6.58. The van der Waals surface area contributed by atoms with E-state index in [4.69, 9.17) is 5.73 Å². The van der Waals surface area contributed by atoms with Crippen LogP contribution in [0.25, 0.3) is 0 Å². The Balaban J connectivity index is 1.38. The largest absolute Gasteiger partial charge is 0.369 e. The van der Waals surface area contributed by atoms with E-state index in [0.717, 1.165) is 49.5 Å². The van der Waals surface area contributed by atoms with Crippen LogP contribution in [0.3, 0.4) is 0 Å². The van der Waals surface area contributed by atoms with Crippen LogP contribution in [0.1, 0.15) is 45.8 Å². The Bertz CT molecular complexity index is 883. The van der Waals surface area contributed by atoms with Gasteiger partial charge in [-0.15, -0.1) is 11.3 Å². The first kappa shape index (κ1) is 22.2. The first-order valence-electron chi connectivity index (χ1n) is 10.4. The van der Waals surface area contributed by atoms with Crippen LogP contribution in [-0.4, -0.2) is 42.1 Å². The van der Waals surface area contributed by atoms with Crippen molar-refractivity contribution in [1.82, 2.24) is 4.90 Å². The Morgan fingerprint density at radius 3 is 2.37 bits per heavy atom. The molecule has 1 aliphatic rings. The van der Waals surface area contributed by atoms with Crippen LogP contribution in [0, 0.1) is 12.8 Å². The van der Waals surface area contributed by atoms with Crippen molar-refractivity contribution in [2.75, 3.05) is 25.0 Å². The molecule has 1 saturated heterocycles. The molecule has 2 aromatic rings. The summed E-state index contributed by atoms with van der Waals surface area (Å²) >= 11 is 1.46. The Labute approximate surface area is 181 Å². The van der Waals surface area contributed by atoms with Crippen molar-refractivity contribution in [2.45, 2.75) is 39.0 Å². The fraction of sp³-hybridized carbons (Fsp3) is 0.435. The number of thiophene rings is 1. The highest BCUT2D eigenvalue weighted by Gasteiger charge is 2.22. The lowest BCUT2D eigenvalue weighted by atomic mass is 9.96. The second-order valence-electron chi connectivity index (χ2n) is 7.85. The zero-order valence-corrected chi connectivity index (χ0v) is 18.2. The average Bonchev–Trinajstić information content (AvgIpc) is 3.18. The van der Waals surface area contributed by atoms with Gasteiger partial charge in [-0.2, -0.15) is 0 Å². The quantitative estimate of drug-likeness (QED) is 0.600. The molecule has 7 heteroatoms. The molecular formula is C23H29N3O3S. The minimum Gasteiger partial charge on any atom is -0.369 e. The number of benzene rings is 1. The van der Waals surface area contributed by atoms with Crippen LogP contribution < -0.4 is 11.1 Å². The standard InChI is InChI=1S/C23H29N3O3S/c1-16-2-8-21(30-16)20(27)7-9-22(28)25-19-5-3-17(4-6-19)10-13-26-14-11-18(12-15-26)23(24)29/h2-6,8,18H,7,9-15H2,1H3,(H2,24,29)(H,25,28). The molecule has 160 valence electrons. The number of carbonyl (C=O) groups is 3. The van der Waals surface area contributed by atoms with Crippen molar-refractivity contribution >= 4 is 34.6 Å². The van der Waals surface area contributed by atoms with Gasteiger partial charge in [0.05, 0.1) is 4.88 Å². The summed E-state index contributed by atoms with van der Waals surface area (Å²) in [4.78, 5) is 39.7. The molecular weight excluding hydrogens is 398 g/mol. The third-order valence-electron chi connectivity index (χ3n) is 5.54. The number of Topliss-reactive ketones (excluding diaryl/α,β-unsaturated/α-hetero) is 1. The zero-order valence-electron chi connectivity index (χ0n) is 17.4. The predicted octanol–water partition coefficient (Wildman–Crippen LogP) is 3.40. The highest BCUT2D eigenvalue weighted by atomic mass is 32.1. The first-order valence-corrected chi connectivity index (χ1v) is 11.2. The van der Waals surface area contributed by atoms with E-state index in [-0.39, 0.29) is 36.4 Å². The van der Waals surface area contributed by atoms with Crippen LogP contribution in [0.15, 0.2) is 36.4 Å². The normalized spacial score (nSPS) is 15.1. The molecule has 2 heterocycles. The van der Waals surface area contributed by atoms with Crippen molar-refractivity contribution in [3.05, 3.63) is 51.7 Å². The summed E-state index contributed by atoms with van der Waals surface area (Å²) < 4.78 is 0. The fourth-order valence-corrected chi connectivity index (χ4v) is 4.48. The Morgan fingerprint density at radius 2 is 1.77 bits per heavy atom. The second-order valence-corrected chi connectivity index (χ2v) is 9.13. The topological polar surface area (TPSA) is 92.5 Å². The Kier molecular flexibility index (Phi) is 7.76. The maximum atomic E-state index is 12.1. The summed E-state index contributed by atoms with van der Waals surface area (Å²) in [6.07, 6.45) is 3.00. The summed E-state index contributed by atoms with van der Waals surface area (Å²) in [7, 11) is 0. The van der Waals surface area contributed by atoms with Crippen molar-refractivity contribution in [3.8, 4) is 0 Å². The number of piperidine rings is 1. The summed E-state index contributed by atoms with van der Waals surface area (Å²) in [5.41, 5.74) is 7.33. The maximum absolute atomic E-state index is 12.1. The average molecular weight is 428 g/mol. The van der Waals surface area contributed by atoms with E-state index in [1.165, 1.54) is 16.9 Å². The minimum absolute atomic E-state index is 0.0125. The number of nitrogens with zero attached hydrogens (tertiary/aromatic N) is 1. The van der Waals surface area contributed by atoms with Crippen molar-refractivity contribution in [3.63, 3.8) is 0 Å². The van der Waals surface area contributed by atoms with E-state index in [1.54, 1.807) is 0 Å². The number of primary amides is 1. The Hall–Kier alpha value is -2.51. The van der Waals surface area contributed by atoms with E-state index in [0.29, 0.717) is 4.88 Å². The smallest absolute Gasteiger partial charge is 0.224 e. The second kappa shape index (κ2) is 10.5. The van der Waals surface area contributed by atoms with Crippen LogP contribution in [-0.2, 0) is 16.0 Å². The van der Waals surface area contributed by atoms with Gasteiger partial charge >= 0.3 is 0 Å². The van der Waals surface area contributed by atoms with Crippen LogP contribution >= 0.6 is 11.3 Å². The van der Waals surface area contributed by atoms with E-state index in [1.807, 2.05) is 43.3 Å². The number of likely N-dealkylation sites (tertiary alicyclic amines) is 1. The molecule has 3 rings (SSSR count). The van der Waals surface area contributed by atoms with Gasteiger partial charge in [-0.1, -0.05) is 12.1 Å². The van der Waals surface area contributed by atoms with Gasteiger partial charge < -0.3 is 16.0 Å². The van der Waals surface area contributed by atoms with Gasteiger partial charge in [0.2, 0.25) is 11.8 Å². The molecule has 0 unspecified atom stereocenters. The fourth-order valence-electron chi connectivity index (χ4n) is 3.64. The summed E-state index contributed by atoms with van der Waals surface area (Å²) in [6.45, 7) is 4.72. The molecule has 2 amide bonds. The molecule has 0 atom stereocenters. The highest BCUT2D eigenvalue weighted by Crippen LogP contribution is 2.19. The monoisotopic (exact) mass is 427 g/mol. The van der Waals surface area contributed by atoms with Crippen molar-refractivity contribution in [1.29, 1.82) is 0 Å². The number of amides is 2. The molecule has 30 heavy (non-hydrogen) atoms. The molecule has 1 aromatic heterocycles. The number of ketones is 1. The maximum Gasteiger partial charge on any atom is 0.224 e. The molecule has 0 saturated carbocycles. The van der Waals surface area contributed by atoms with Gasteiger partial charge in [0.1, 0.15) is 0 Å².